The lowest BCUT2D eigenvalue weighted by molar-refractivity contribution is 0.671. The molecule has 5 N–H and O–H groups in total. The number of hydrogen-bond acceptors (Lipinski definition) is 0. The van der Waals surface area contributed by atoms with Gasteiger partial charge >= 0.3 is 0 Å². The minimum absolute atomic E-state index is 0.218. The number of hydrogen-bond donors (Lipinski definition) is 5. The fourth-order valence-corrected chi connectivity index (χ4v) is 23.0. The van der Waals surface area contributed by atoms with Gasteiger partial charge in [0.25, 0.3) is 0 Å². The average molecular weight is 1820 g/mol. The summed E-state index contributed by atoms with van der Waals surface area (Å²) in [6.07, 6.45) is 0. The Bertz CT molecular complexity index is 9050. The lowest BCUT2D eigenvalue weighted by Crippen LogP contribution is -2.26. The van der Waals surface area contributed by atoms with Crippen molar-refractivity contribution in [1.82, 2.24) is 24.9 Å². The van der Waals surface area contributed by atoms with Gasteiger partial charge in [0.2, 0.25) is 0 Å². The first-order valence-electron chi connectivity index (χ1n) is 49.8. The number of aromatic amines is 5. The molecule has 3 atom stereocenters. The number of fused-ring (bicyclic) bond motifs is 21. The highest BCUT2D eigenvalue weighted by Gasteiger charge is 2.37. The largest absolute Gasteiger partial charge is 0.355 e. The number of aromatic nitrogens is 5. The van der Waals surface area contributed by atoms with E-state index in [4.69, 9.17) is 0 Å². The lowest BCUT2D eigenvalue weighted by atomic mass is 9.68. The normalized spacial score (nSPS) is 12.8. The van der Waals surface area contributed by atoms with Gasteiger partial charge in [-0.05, 0) is 291 Å². The van der Waals surface area contributed by atoms with Crippen molar-refractivity contribution >= 4 is 141 Å². The number of rotatable bonds is 12. The second-order valence-corrected chi connectivity index (χ2v) is 39.7. The fraction of sp³-hybridized carbons (Fsp3) is 0.118. The van der Waals surface area contributed by atoms with Gasteiger partial charge < -0.3 is 24.9 Å². The van der Waals surface area contributed by atoms with Crippen molar-refractivity contribution in [2.45, 2.75) is 104 Å². The summed E-state index contributed by atoms with van der Waals surface area (Å²) < 4.78 is 0. The van der Waals surface area contributed by atoms with Crippen LogP contribution in [0.3, 0.4) is 0 Å². The van der Waals surface area contributed by atoms with Crippen LogP contribution >= 0.6 is 0 Å². The summed E-state index contributed by atoms with van der Waals surface area (Å²) in [6.45, 7) is 22.5. The first-order valence-corrected chi connectivity index (χ1v) is 49.8. The molecule has 3 unspecified atom stereocenters. The third kappa shape index (κ3) is 16.3. The molecule has 1 aliphatic rings. The number of benzene rings is 21. The maximum absolute atomic E-state index is 3.62. The molecular weight excluding hydrogens is 1700 g/mol. The molecule has 0 radical (unpaired) electrons. The van der Waals surface area contributed by atoms with Crippen LogP contribution in [0.15, 0.2) is 449 Å². The van der Waals surface area contributed by atoms with Crippen LogP contribution in [0.1, 0.15) is 158 Å². The predicted molar refractivity (Wildman–Crippen MR) is 602 cm³/mol. The van der Waals surface area contributed by atoms with Crippen LogP contribution in [0, 0.1) is 34.6 Å². The van der Waals surface area contributed by atoms with E-state index in [0.29, 0.717) is 23.7 Å². The molecular formula is C136H113N5. The van der Waals surface area contributed by atoms with Gasteiger partial charge in [-0.3, -0.25) is 0 Å². The molecule has 26 aromatic rings. The monoisotopic (exact) mass is 1820 g/mol. The van der Waals surface area contributed by atoms with Gasteiger partial charge in [0.15, 0.2) is 0 Å². The Labute approximate surface area is 824 Å². The van der Waals surface area contributed by atoms with Gasteiger partial charge in [-0.1, -0.05) is 376 Å². The van der Waals surface area contributed by atoms with E-state index in [1.54, 1.807) is 0 Å². The van der Waals surface area contributed by atoms with Gasteiger partial charge in [-0.2, -0.15) is 0 Å². The van der Waals surface area contributed by atoms with Crippen LogP contribution in [0.2, 0.25) is 0 Å². The molecule has 0 saturated carbocycles. The highest BCUT2D eigenvalue weighted by atomic mass is 14.7. The third-order valence-electron chi connectivity index (χ3n) is 30.9. The summed E-state index contributed by atoms with van der Waals surface area (Å²) in [5.74, 6) is 1.55. The molecule has 27 rings (SSSR count). The molecule has 0 bridgehead atoms. The average Bonchev–Trinajstić information content (AvgIpc) is 1.68. The van der Waals surface area contributed by atoms with Crippen LogP contribution in [-0.2, 0) is 10.8 Å². The molecule has 1 aliphatic carbocycles. The smallest absolute Gasteiger partial charge is 0.0465 e. The first-order chi connectivity index (χ1) is 68.9. The number of aryl methyl sites for hydroxylation is 5. The van der Waals surface area contributed by atoms with Crippen molar-refractivity contribution in [3.05, 3.63) is 549 Å². The first kappa shape index (κ1) is 88.4. The SMILES string of the molecule is Cc1ccc2[nH]c3ccc(C(C)(c4cccc5ccccc45)c4cccc5ccccc45)cc3c2c1.Cc1ccc2[nH]c3ccc(C(C)(c4ccccc4)c4ccccc4)cc3c2c1.Cc1ccc2[nH]c3ccc(C(C)C4c5ccccc5-c5ccccc54)cc3c2c1.Cc1ccc2[nH]c3ccc(C(C)c4cccc5ccccc45)cc3c2c1.Cc1ccc2[nH]c3ccc(C(C)c4ccccc4)cc3c2c1. The van der Waals surface area contributed by atoms with Crippen molar-refractivity contribution in [1.29, 1.82) is 0 Å². The molecule has 21 aromatic carbocycles. The van der Waals surface area contributed by atoms with Gasteiger partial charge in [0.05, 0.1) is 0 Å². The van der Waals surface area contributed by atoms with E-state index in [-0.39, 0.29) is 10.8 Å². The highest BCUT2D eigenvalue weighted by Crippen LogP contribution is 2.53. The Morgan fingerprint density at radius 2 is 0.482 bits per heavy atom. The summed E-state index contributed by atoms with van der Waals surface area (Å²) >= 11 is 0. The summed E-state index contributed by atoms with van der Waals surface area (Å²) in [5.41, 5.74) is 38.3. The van der Waals surface area contributed by atoms with E-state index in [1.165, 1.54) is 253 Å². The summed E-state index contributed by atoms with van der Waals surface area (Å²) in [7, 11) is 0. The van der Waals surface area contributed by atoms with E-state index in [9.17, 15) is 0 Å². The molecule has 0 amide bonds. The van der Waals surface area contributed by atoms with Crippen LogP contribution in [-0.4, -0.2) is 24.9 Å². The van der Waals surface area contributed by atoms with Crippen LogP contribution < -0.4 is 0 Å². The Hall–Kier alpha value is -16.6. The summed E-state index contributed by atoms with van der Waals surface area (Å²) in [4.78, 5) is 17.8. The van der Waals surface area contributed by atoms with Crippen LogP contribution in [0.25, 0.3) is 152 Å². The van der Waals surface area contributed by atoms with E-state index < -0.39 is 0 Å². The standard InChI is InChI=1S/C35H27N.C28H23N.C27H23N.C25H21N.C21H19N/c1-23-17-19-33-29(21-23)30-22-26(18-20-34(30)36-33)35(2,31-15-7-11-24-9-3-5-13-27(24)31)32-16-8-12-25-10-4-6-14-28(25)32;1-17-11-13-26-24(15-17)25-16-19(12-14-27(25)29-26)18(2)28-22-9-5-3-7-20(22)21-8-4-6-10-23(21)28;1-19-13-15-25-23(17-19)24-18-22(14-16-26(24)28-25)27(2,20-9-5-3-6-10-20)21-11-7-4-8-12-21;1-16-10-12-24-22(14-16)23-15-19(11-13-25(23)26-24)17(2)20-9-5-7-18-6-3-4-8-21(18)20;1-14-8-10-20-18(12-14)19-13-17(9-11-21(19)22-20)15(2)16-6-4-3-5-7-16/h3-22,36H,1-2H3;3-16,18,28-29H,1-2H3;3-18,28H,1-2H3;3-15,17,26H,1-2H3;3-13,15,22H,1-2H3. The minimum Gasteiger partial charge on any atom is -0.355 e. The van der Waals surface area contributed by atoms with E-state index in [2.05, 4.69) is 543 Å². The zero-order valence-corrected chi connectivity index (χ0v) is 81.5. The molecule has 0 saturated heterocycles. The molecule has 682 valence electrons. The molecule has 141 heavy (non-hydrogen) atoms. The van der Waals surface area contributed by atoms with Gasteiger partial charge in [-0.15, -0.1) is 0 Å². The van der Waals surface area contributed by atoms with E-state index in [1.807, 2.05) is 0 Å². The topological polar surface area (TPSA) is 78.9 Å². The van der Waals surface area contributed by atoms with Crippen molar-refractivity contribution in [3.8, 4) is 11.1 Å². The second kappa shape index (κ2) is 36.7. The molecule has 5 heteroatoms. The number of nitrogens with one attached hydrogen (secondary N) is 5. The van der Waals surface area contributed by atoms with Crippen LogP contribution in [0.4, 0.5) is 0 Å². The molecule has 0 aliphatic heterocycles. The predicted octanol–water partition coefficient (Wildman–Crippen LogP) is 36.5. The Kier molecular flexibility index (Phi) is 23.0. The Morgan fingerprint density at radius 1 is 0.199 bits per heavy atom. The van der Waals surface area contributed by atoms with Crippen molar-refractivity contribution < 1.29 is 0 Å². The zero-order chi connectivity index (χ0) is 95.7. The van der Waals surface area contributed by atoms with E-state index >= 15 is 0 Å². The van der Waals surface area contributed by atoms with Crippen LogP contribution in [0.5, 0.6) is 0 Å². The maximum atomic E-state index is 3.62. The van der Waals surface area contributed by atoms with Gasteiger partial charge in [-0.25, -0.2) is 0 Å². The number of H-pyrrole nitrogens is 5. The molecule has 0 fully saturated rings. The molecule has 5 heterocycles. The minimum atomic E-state index is -0.358. The quantitative estimate of drug-likeness (QED) is 0.0756. The second-order valence-electron chi connectivity index (χ2n) is 39.7. The summed E-state index contributed by atoms with van der Waals surface area (Å²) in [6, 6.07) is 164. The molecule has 5 aromatic heterocycles. The van der Waals surface area contributed by atoms with Crippen molar-refractivity contribution in [2.24, 2.45) is 0 Å². The van der Waals surface area contributed by atoms with Gasteiger partial charge in [0, 0.05) is 138 Å². The summed E-state index contributed by atoms with van der Waals surface area (Å²) in [5, 5.41) is 20.8. The van der Waals surface area contributed by atoms with Gasteiger partial charge in [0.1, 0.15) is 0 Å². The lowest BCUT2D eigenvalue weighted by Gasteiger charge is -2.34. The molecule has 0 spiro atoms. The third-order valence-corrected chi connectivity index (χ3v) is 30.9. The van der Waals surface area contributed by atoms with Crippen molar-refractivity contribution in [3.63, 3.8) is 0 Å². The fourth-order valence-electron chi connectivity index (χ4n) is 23.0. The molecule has 5 nitrogen and oxygen atoms in total. The Balaban J connectivity index is 0.0000000990. The maximum Gasteiger partial charge on any atom is 0.0465 e. The highest BCUT2D eigenvalue weighted by molar-refractivity contribution is 6.12. The zero-order valence-electron chi connectivity index (χ0n) is 81.5. The Morgan fingerprint density at radius 3 is 0.887 bits per heavy atom. The van der Waals surface area contributed by atoms with Crippen molar-refractivity contribution in [2.75, 3.05) is 0 Å². The van der Waals surface area contributed by atoms with E-state index in [0.717, 1.165) is 0 Å².